The average Bonchev–Trinajstić information content (AvgIpc) is 1.63. The van der Waals surface area contributed by atoms with E-state index in [1.165, 1.54) is 36.9 Å². The molecule has 7 aromatic rings. The van der Waals surface area contributed by atoms with Crippen molar-refractivity contribution in [2.45, 2.75) is 138 Å². The molecule has 19 atom stereocenters. The summed E-state index contributed by atoms with van der Waals surface area (Å²) < 4.78 is 134. The first kappa shape index (κ1) is 72.3. The van der Waals surface area contributed by atoms with E-state index < -0.39 is 215 Å². The molecule has 5 aliphatic rings. The predicted octanol–water partition coefficient (Wildman–Crippen LogP) is -3.23. The fourth-order valence-electron chi connectivity index (χ4n) is 11.6. The van der Waals surface area contributed by atoms with Gasteiger partial charge in [0.05, 0.1) is 51.8 Å². The van der Waals surface area contributed by atoms with Gasteiger partial charge in [-0.25, -0.2) is 42.6 Å². The Morgan fingerprint density at radius 3 is 1.24 bits per heavy atom. The first-order valence-electron chi connectivity index (χ1n) is 29.8. The number of ether oxygens (including phenoxy) is 5. The summed E-state index contributed by atoms with van der Waals surface area (Å²) in [6, 6.07) is 1.21. The molecule has 0 amide bonds. The molecule has 4 unspecified atom stereocenters. The number of fused-ring (bicyclic) bond motifs is 2. The molecule has 0 aromatic carbocycles. The third-order valence-electron chi connectivity index (χ3n) is 16.4. The van der Waals surface area contributed by atoms with Crippen molar-refractivity contribution in [2.24, 2.45) is 0 Å². The third kappa shape index (κ3) is 15.9. The zero-order valence-corrected chi connectivity index (χ0v) is 55.2. The number of aliphatic hydroxyl groups excluding tert-OH is 2. The van der Waals surface area contributed by atoms with Gasteiger partial charge >= 0.3 is 48.4 Å². The summed E-state index contributed by atoms with van der Waals surface area (Å²) in [7, 11) is -21.7. The van der Waals surface area contributed by atoms with Gasteiger partial charge in [-0.15, -0.1) is 0 Å². The minimum absolute atomic E-state index is 0.109. The van der Waals surface area contributed by atoms with Crippen molar-refractivity contribution in [1.82, 2.24) is 67.7 Å². The Bertz CT molecular complexity index is 4900. The Kier molecular flexibility index (Phi) is 20.5. The van der Waals surface area contributed by atoms with Crippen molar-refractivity contribution in [3.63, 3.8) is 0 Å². The van der Waals surface area contributed by atoms with Crippen molar-refractivity contribution >= 4 is 71.3 Å². The fraction of sp³-hybridized carbons (Fsp3) is 0.551. The van der Waals surface area contributed by atoms with Gasteiger partial charge in [0.25, 0.3) is 22.2 Å². The van der Waals surface area contributed by atoms with Gasteiger partial charge < -0.3 is 70.7 Å². The second-order valence-electron chi connectivity index (χ2n) is 23.3. The molecule has 0 aliphatic carbocycles. The van der Waals surface area contributed by atoms with Gasteiger partial charge in [-0.3, -0.25) is 98.1 Å². The zero-order valence-electron chi connectivity index (χ0n) is 51.7. The summed E-state index contributed by atoms with van der Waals surface area (Å²) in [5.41, 5.74) is 11.1. The van der Waals surface area contributed by atoms with Crippen LogP contribution in [0.4, 0.5) is 17.7 Å². The number of aryl methyl sites for hydroxylation is 2. The Hall–Kier alpha value is -7.50. The number of aromatic nitrogens is 14. The van der Waals surface area contributed by atoms with Gasteiger partial charge in [0.2, 0.25) is 11.9 Å². The Morgan fingerprint density at radius 2 is 0.840 bits per heavy atom. The molecule has 544 valence electrons. The number of hydrogen-bond donors (Lipinski definition) is 13. The number of aliphatic hydroxyl groups is 2. The highest BCUT2D eigenvalue weighted by molar-refractivity contribution is 7.48. The number of rotatable bonds is 26. The number of H-pyrrole nitrogens is 4. The quantitative estimate of drug-likeness (QED) is 0.0237. The normalized spacial score (nSPS) is 29.5. The Labute approximate surface area is 555 Å². The number of aromatic amines is 4. The van der Waals surface area contributed by atoms with Crippen LogP contribution in [0.2, 0.25) is 0 Å². The van der Waals surface area contributed by atoms with Crippen molar-refractivity contribution in [1.29, 1.82) is 0 Å². The van der Waals surface area contributed by atoms with E-state index in [4.69, 9.17) is 77.1 Å². The Balaban J connectivity index is 0.749. The first-order valence-corrected chi connectivity index (χ1v) is 35.8. The molecule has 51 heteroatoms. The van der Waals surface area contributed by atoms with Crippen molar-refractivity contribution in [2.75, 3.05) is 50.2 Å². The zero-order chi connectivity index (χ0) is 71.7. The summed E-state index contributed by atoms with van der Waals surface area (Å²) in [5.74, 6) is -0.924. The lowest BCUT2D eigenvalue weighted by atomic mass is 10.2. The monoisotopic (exact) mass is 1490 g/mol. The van der Waals surface area contributed by atoms with Gasteiger partial charge in [0.15, 0.2) is 22.3 Å². The standard InChI is InChI=1S/C49H63N17O30P4/c1-19-10-63(48(74)60-41(19)69)32-5-21(68)27(89-32)13-84-97(76,77)95-24-8-35(65-17-53-37-39(65)56-45(51)58-43(37)71)91-29(24)15-87-100(82,83)96-25-9-36(66-18-54-38-40(66)57-46(52)59-44(38)72)92-30(25)16-86-99(80,81)94-23-7-33(62-4-3-31(50)55-47(62)73)90-28(23)14-85-98(78,79)93-22-6-34(88-26(22)12-67)64-11-20(2)42(70)61-49(64)75/h3-4,10-11,17-18,21-30,32-36,67-68H,5-9,12-16H2,1-2H3,(H,76,77)(H,78,79)(H,80,81)(H,82,83)(H2,50,55,73)(H,60,69,74)(H,61,70,75)(H3,51,56,58,71)(H3,52,57,59,72)/t21-,22-,23-,24-,25-,26+,27+,28+,29+,30+,32+,33+,34+,35+,36+/m0/s1. The number of phosphoric acid groups is 4. The van der Waals surface area contributed by atoms with Gasteiger partial charge in [-0.1, -0.05) is 0 Å². The molecule has 16 N–H and O–H groups in total. The maximum Gasteiger partial charge on any atom is 0.472 e. The van der Waals surface area contributed by atoms with Crippen LogP contribution in [-0.4, -0.2) is 192 Å². The maximum absolute atomic E-state index is 14.3. The lowest BCUT2D eigenvalue weighted by Crippen LogP contribution is -2.33. The molecule has 12 rings (SSSR count). The smallest absolute Gasteiger partial charge is 0.394 e. The van der Waals surface area contributed by atoms with Crippen LogP contribution < -0.4 is 56.5 Å². The minimum atomic E-state index is -5.55. The van der Waals surface area contributed by atoms with E-state index in [0.29, 0.717) is 0 Å². The number of nitrogens with one attached hydrogen (secondary N) is 4. The number of anilines is 3. The van der Waals surface area contributed by atoms with Crippen LogP contribution >= 0.6 is 31.3 Å². The van der Waals surface area contributed by atoms with Gasteiger partial charge in [0.1, 0.15) is 91.9 Å². The summed E-state index contributed by atoms with van der Waals surface area (Å²) in [4.78, 5) is 162. The number of nitrogens with zero attached hydrogens (tertiary/aromatic N) is 10. The molecule has 0 radical (unpaired) electrons. The van der Waals surface area contributed by atoms with E-state index in [2.05, 4.69) is 44.9 Å². The third-order valence-corrected chi connectivity index (χ3v) is 20.4. The van der Waals surface area contributed by atoms with E-state index >= 15 is 0 Å². The highest BCUT2D eigenvalue weighted by Gasteiger charge is 2.50. The molecule has 5 saturated heterocycles. The van der Waals surface area contributed by atoms with Crippen molar-refractivity contribution in [3.05, 3.63) is 121 Å². The molecule has 0 spiro atoms. The van der Waals surface area contributed by atoms with E-state index in [1.54, 1.807) is 0 Å². The largest absolute Gasteiger partial charge is 0.472 e. The molecule has 0 saturated carbocycles. The van der Waals surface area contributed by atoms with E-state index in [1.807, 2.05) is 0 Å². The van der Waals surface area contributed by atoms with Crippen LogP contribution in [-0.2, 0) is 78.1 Å². The molecule has 12 heterocycles. The summed E-state index contributed by atoms with van der Waals surface area (Å²) in [6.07, 6.45) is -18.4. The maximum atomic E-state index is 14.3. The molecular weight excluding hydrogens is 1430 g/mol. The molecule has 5 aliphatic heterocycles. The number of hydrogen-bond acceptors (Lipinski definition) is 34. The van der Waals surface area contributed by atoms with Gasteiger partial charge in [0, 0.05) is 61.8 Å². The molecule has 5 fully saturated rings. The SMILES string of the molecule is Cc1cn([C@H]2C[C@H](OP(=O)(O)OC[C@H]3O[C@@H](n4ccc(N)nc4=O)C[C@@H]3OP(=O)(O)OC[C@H]3O[C@@H](n4cnc5c(=O)[nH]c(N)nc54)C[C@@H]3OP(=O)(O)OC[C@H]3O[C@@H](n4cnc5c(=O)[nH]c(N)nc54)C[C@@H]3OP(=O)(O)OC[C@H]3O[C@@H](n4cc(C)c(=O)[nH]c4=O)C[C@@H]3O)[C@@H](CO)O2)c(=O)[nH]c1=O. The Morgan fingerprint density at radius 1 is 0.490 bits per heavy atom. The van der Waals surface area contributed by atoms with Crippen LogP contribution in [0.1, 0.15) is 74.4 Å². The van der Waals surface area contributed by atoms with Crippen LogP contribution in [0.25, 0.3) is 22.3 Å². The molecule has 47 nitrogen and oxygen atoms in total. The number of imidazole rings is 2. The minimum Gasteiger partial charge on any atom is -0.394 e. The van der Waals surface area contributed by atoms with E-state index in [9.17, 15) is 81.6 Å². The lowest BCUT2D eigenvalue weighted by molar-refractivity contribution is -0.0640. The van der Waals surface area contributed by atoms with Crippen LogP contribution in [0.5, 0.6) is 0 Å². The highest BCUT2D eigenvalue weighted by atomic mass is 31.2. The van der Waals surface area contributed by atoms with Crippen LogP contribution in [0.3, 0.4) is 0 Å². The summed E-state index contributed by atoms with van der Waals surface area (Å²) in [5, 5.41) is 20.9. The van der Waals surface area contributed by atoms with E-state index in [0.717, 1.165) is 37.1 Å². The molecule has 7 aromatic heterocycles. The molecule has 0 bridgehead atoms. The topological polar surface area (TPSA) is 659 Å². The van der Waals surface area contributed by atoms with Crippen LogP contribution in [0.15, 0.2) is 70.9 Å². The van der Waals surface area contributed by atoms with E-state index in [-0.39, 0.29) is 64.0 Å². The fourth-order valence-corrected chi connectivity index (χ4v) is 15.4. The number of nitrogens with two attached hydrogens (primary N) is 3. The number of phosphoric ester groups is 4. The summed E-state index contributed by atoms with van der Waals surface area (Å²) >= 11 is 0. The lowest BCUT2D eigenvalue weighted by Gasteiger charge is -2.25. The van der Waals surface area contributed by atoms with Gasteiger partial charge in [-0.2, -0.15) is 15.0 Å². The van der Waals surface area contributed by atoms with Crippen molar-refractivity contribution < 1.29 is 108 Å². The van der Waals surface area contributed by atoms with Crippen molar-refractivity contribution in [3.8, 4) is 0 Å². The van der Waals surface area contributed by atoms with Crippen LogP contribution in [0, 0.1) is 13.8 Å². The molecule has 100 heavy (non-hydrogen) atoms. The first-order chi connectivity index (χ1) is 47.2. The predicted molar refractivity (Wildman–Crippen MR) is 328 cm³/mol. The number of nitrogen functional groups attached to an aromatic ring is 3. The average molecular weight is 1490 g/mol. The summed E-state index contributed by atoms with van der Waals surface area (Å²) in [6.45, 7) is -1.93. The second-order valence-corrected chi connectivity index (χ2v) is 28.9. The molecular formula is C49H63N17O30P4. The second kappa shape index (κ2) is 28.4. The van der Waals surface area contributed by atoms with Gasteiger partial charge in [-0.05, 0) is 19.9 Å². The highest BCUT2D eigenvalue weighted by Crippen LogP contribution is 2.55.